The summed E-state index contributed by atoms with van der Waals surface area (Å²) in [5.74, 6) is 0. The normalized spacial score (nSPS) is 11.0. The van der Waals surface area contributed by atoms with Crippen LogP contribution in [-0.4, -0.2) is 14.5 Å². The van der Waals surface area contributed by atoms with Crippen LogP contribution in [0.2, 0.25) is 0 Å². The average molecular weight is 363 g/mol. The molecule has 0 aliphatic rings. The zero-order chi connectivity index (χ0) is 18.8. The summed E-state index contributed by atoms with van der Waals surface area (Å²) in [7, 11) is 0. The Bertz CT molecular complexity index is 1210. The molecule has 3 heterocycles. The molecule has 0 bridgehead atoms. The molecule has 7 heteroatoms. The number of hydrogen-bond donors (Lipinski definition) is 1. The van der Waals surface area contributed by atoms with Gasteiger partial charge in [0, 0.05) is 24.1 Å². The molecule has 0 spiro atoms. The van der Waals surface area contributed by atoms with Gasteiger partial charge in [-0.25, -0.2) is 4.79 Å². The summed E-state index contributed by atoms with van der Waals surface area (Å²) in [5.41, 5.74) is 1.56. The van der Waals surface area contributed by atoms with Gasteiger partial charge in [0.1, 0.15) is 12.0 Å². The van der Waals surface area contributed by atoms with Gasteiger partial charge in [-0.1, -0.05) is 19.1 Å². The minimum Gasteiger partial charge on any atom is -0.460 e. The molecule has 136 valence electrons. The fraction of sp³-hybridized carbons (Fsp3) is 0.150. The predicted octanol–water partition coefficient (Wildman–Crippen LogP) is 2.81. The number of H-pyrrole nitrogens is 1. The van der Waals surface area contributed by atoms with Crippen LogP contribution in [0, 0.1) is 0 Å². The molecule has 0 saturated heterocycles. The molecule has 0 saturated carbocycles. The van der Waals surface area contributed by atoms with Crippen LogP contribution >= 0.6 is 0 Å². The molecule has 0 atom stereocenters. The van der Waals surface area contributed by atoms with Crippen LogP contribution in [0.15, 0.2) is 68.9 Å². The van der Waals surface area contributed by atoms with Crippen LogP contribution in [0.1, 0.15) is 18.1 Å². The summed E-state index contributed by atoms with van der Waals surface area (Å²) >= 11 is 0. The molecular weight excluding hydrogens is 346 g/mol. The smallest absolute Gasteiger partial charge is 0.337 e. The molecule has 1 N–H and O–H groups in total. The standard InChI is InChI=1S/C20H17N3O4/c1-2-14-11-16(24)27-19-17(14)18(25)21-20(22-19)26-12-13-6-5-7-15(10-13)23-8-3-4-9-23/h3-11H,2,12H2,1H3,(H,21,22,25). The largest absolute Gasteiger partial charge is 0.460 e. The highest BCUT2D eigenvalue weighted by atomic mass is 16.5. The van der Waals surface area contributed by atoms with Crippen LogP contribution in [0.4, 0.5) is 0 Å². The van der Waals surface area contributed by atoms with Crippen molar-refractivity contribution in [3.8, 4) is 11.7 Å². The van der Waals surface area contributed by atoms with E-state index in [1.807, 2.05) is 60.3 Å². The van der Waals surface area contributed by atoms with Crippen molar-refractivity contribution >= 4 is 11.1 Å². The fourth-order valence-corrected chi connectivity index (χ4v) is 2.94. The summed E-state index contributed by atoms with van der Waals surface area (Å²) in [6.07, 6.45) is 4.44. The number of aryl methyl sites for hydroxylation is 1. The van der Waals surface area contributed by atoms with E-state index < -0.39 is 11.2 Å². The van der Waals surface area contributed by atoms with Gasteiger partial charge in [-0.2, -0.15) is 4.98 Å². The van der Waals surface area contributed by atoms with Crippen molar-refractivity contribution in [2.75, 3.05) is 0 Å². The molecule has 7 nitrogen and oxygen atoms in total. The van der Waals surface area contributed by atoms with Crippen LogP contribution in [-0.2, 0) is 13.0 Å². The third-order valence-corrected chi connectivity index (χ3v) is 4.24. The van der Waals surface area contributed by atoms with E-state index in [0.29, 0.717) is 12.0 Å². The van der Waals surface area contributed by atoms with Crippen LogP contribution in [0.5, 0.6) is 6.01 Å². The number of benzene rings is 1. The number of rotatable bonds is 5. The maximum atomic E-state index is 12.4. The Balaban J connectivity index is 1.62. The predicted molar refractivity (Wildman–Crippen MR) is 100 cm³/mol. The lowest BCUT2D eigenvalue weighted by atomic mass is 10.1. The second-order valence-electron chi connectivity index (χ2n) is 6.04. The second kappa shape index (κ2) is 6.95. The van der Waals surface area contributed by atoms with Crippen molar-refractivity contribution in [3.63, 3.8) is 0 Å². The molecular formula is C20H17N3O4. The minimum atomic E-state index is -0.539. The number of nitrogens with zero attached hydrogens (tertiary/aromatic N) is 2. The highest BCUT2D eigenvalue weighted by Gasteiger charge is 2.12. The first kappa shape index (κ1) is 16.8. The Morgan fingerprint density at radius 2 is 1.96 bits per heavy atom. The van der Waals surface area contributed by atoms with Crippen LogP contribution in [0.25, 0.3) is 16.8 Å². The molecule has 27 heavy (non-hydrogen) atoms. The Morgan fingerprint density at radius 1 is 1.15 bits per heavy atom. The summed E-state index contributed by atoms with van der Waals surface area (Å²) in [6.45, 7) is 2.07. The average Bonchev–Trinajstić information content (AvgIpc) is 3.20. The number of aromatic nitrogens is 3. The van der Waals surface area contributed by atoms with Gasteiger partial charge in [0.2, 0.25) is 5.71 Å². The van der Waals surface area contributed by atoms with E-state index in [9.17, 15) is 9.59 Å². The number of nitrogens with one attached hydrogen (secondary N) is 1. The first-order valence-corrected chi connectivity index (χ1v) is 8.56. The van der Waals surface area contributed by atoms with E-state index in [4.69, 9.17) is 9.15 Å². The lowest BCUT2D eigenvalue weighted by molar-refractivity contribution is 0.279. The number of fused-ring (bicyclic) bond motifs is 1. The molecule has 0 radical (unpaired) electrons. The molecule has 3 aromatic heterocycles. The Morgan fingerprint density at radius 3 is 2.74 bits per heavy atom. The number of hydrogen-bond acceptors (Lipinski definition) is 5. The van der Waals surface area contributed by atoms with E-state index in [-0.39, 0.29) is 23.7 Å². The molecule has 0 aliphatic carbocycles. The maximum Gasteiger partial charge on any atom is 0.337 e. The maximum absolute atomic E-state index is 12.4. The van der Waals surface area contributed by atoms with Crippen molar-refractivity contribution in [2.45, 2.75) is 20.0 Å². The van der Waals surface area contributed by atoms with Gasteiger partial charge in [0.25, 0.3) is 11.6 Å². The van der Waals surface area contributed by atoms with Gasteiger partial charge in [0.15, 0.2) is 0 Å². The summed E-state index contributed by atoms with van der Waals surface area (Å²) < 4.78 is 12.7. The molecule has 4 aromatic rings. The Kier molecular flexibility index (Phi) is 4.33. The van der Waals surface area contributed by atoms with Crippen molar-refractivity contribution in [3.05, 3.63) is 86.8 Å². The Hall–Kier alpha value is -3.61. The SMILES string of the molecule is CCc1cc(=O)oc2nc(OCc3cccc(-n4cccc4)c3)[nH]c(=O)c12. The molecule has 1 aromatic carbocycles. The van der Waals surface area contributed by atoms with Crippen LogP contribution in [0.3, 0.4) is 0 Å². The van der Waals surface area contributed by atoms with Gasteiger partial charge in [-0.3, -0.25) is 9.78 Å². The monoisotopic (exact) mass is 363 g/mol. The van der Waals surface area contributed by atoms with Crippen molar-refractivity contribution < 1.29 is 9.15 Å². The topological polar surface area (TPSA) is 90.1 Å². The van der Waals surface area contributed by atoms with Gasteiger partial charge >= 0.3 is 5.63 Å². The molecule has 0 unspecified atom stereocenters. The summed E-state index contributed by atoms with van der Waals surface area (Å²) in [6, 6.07) is 13.0. The number of aromatic amines is 1. The van der Waals surface area contributed by atoms with Crippen molar-refractivity contribution in [2.24, 2.45) is 0 Å². The lowest BCUT2D eigenvalue weighted by Gasteiger charge is -2.08. The van der Waals surface area contributed by atoms with E-state index in [2.05, 4.69) is 9.97 Å². The van der Waals surface area contributed by atoms with E-state index >= 15 is 0 Å². The third kappa shape index (κ3) is 3.39. The van der Waals surface area contributed by atoms with Gasteiger partial charge in [0.05, 0.1) is 0 Å². The number of ether oxygens (including phenoxy) is 1. The first-order valence-electron chi connectivity index (χ1n) is 8.56. The second-order valence-corrected chi connectivity index (χ2v) is 6.04. The highest BCUT2D eigenvalue weighted by Crippen LogP contribution is 2.15. The Labute approximate surface area is 153 Å². The summed E-state index contributed by atoms with van der Waals surface area (Å²) in [5, 5.41) is 0.277. The van der Waals surface area contributed by atoms with Gasteiger partial charge in [-0.15, -0.1) is 0 Å². The van der Waals surface area contributed by atoms with Gasteiger partial charge < -0.3 is 13.7 Å². The minimum absolute atomic E-state index is 0.00951. The summed E-state index contributed by atoms with van der Waals surface area (Å²) in [4.78, 5) is 30.8. The van der Waals surface area contributed by atoms with E-state index in [1.54, 1.807) is 0 Å². The molecule has 4 rings (SSSR count). The van der Waals surface area contributed by atoms with E-state index in [1.165, 1.54) is 6.07 Å². The molecule has 0 amide bonds. The van der Waals surface area contributed by atoms with Gasteiger partial charge in [-0.05, 0) is 41.8 Å². The van der Waals surface area contributed by atoms with Crippen LogP contribution < -0.4 is 15.9 Å². The lowest BCUT2D eigenvalue weighted by Crippen LogP contribution is -2.15. The zero-order valence-electron chi connectivity index (χ0n) is 14.6. The first-order chi connectivity index (χ1) is 13.1. The fourth-order valence-electron chi connectivity index (χ4n) is 2.94. The molecule has 0 fully saturated rings. The van der Waals surface area contributed by atoms with E-state index in [0.717, 1.165) is 11.3 Å². The van der Waals surface area contributed by atoms with Crippen molar-refractivity contribution in [1.29, 1.82) is 0 Å². The third-order valence-electron chi connectivity index (χ3n) is 4.24. The molecule has 0 aliphatic heterocycles. The quantitative estimate of drug-likeness (QED) is 0.589. The zero-order valence-corrected chi connectivity index (χ0v) is 14.6. The highest BCUT2D eigenvalue weighted by molar-refractivity contribution is 5.75. The van der Waals surface area contributed by atoms with Crippen molar-refractivity contribution in [1.82, 2.24) is 14.5 Å².